The SMILES string of the molecule is CCNc1ccc(C(N)C2CC2)cc1C=N. The third kappa shape index (κ3) is 2.25. The first-order chi connectivity index (χ1) is 7.76. The summed E-state index contributed by atoms with van der Waals surface area (Å²) in [6.07, 6.45) is 3.88. The summed E-state index contributed by atoms with van der Waals surface area (Å²) < 4.78 is 0. The summed E-state index contributed by atoms with van der Waals surface area (Å²) in [5, 5.41) is 10.7. The van der Waals surface area contributed by atoms with E-state index in [1.54, 1.807) is 0 Å². The van der Waals surface area contributed by atoms with Crippen LogP contribution in [0.25, 0.3) is 0 Å². The fourth-order valence-corrected chi connectivity index (χ4v) is 1.99. The summed E-state index contributed by atoms with van der Waals surface area (Å²) in [4.78, 5) is 0. The molecule has 3 nitrogen and oxygen atoms in total. The van der Waals surface area contributed by atoms with Crippen LogP contribution in [0.5, 0.6) is 0 Å². The Morgan fingerprint density at radius 2 is 2.31 bits per heavy atom. The zero-order valence-corrected chi connectivity index (χ0v) is 9.66. The summed E-state index contributed by atoms with van der Waals surface area (Å²) >= 11 is 0. The molecular weight excluding hydrogens is 198 g/mol. The second-order valence-corrected chi connectivity index (χ2v) is 4.38. The van der Waals surface area contributed by atoms with Crippen molar-refractivity contribution in [1.82, 2.24) is 0 Å². The van der Waals surface area contributed by atoms with Gasteiger partial charge in [0.05, 0.1) is 0 Å². The zero-order valence-electron chi connectivity index (χ0n) is 9.66. The van der Waals surface area contributed by atoms with Crippen LogP contribution < -0.4 is 11.1 Å². The standard InChI is InChI=1S/C13H19N3/c1-2-16-12-6-5-10(7-11(12)8-14)13(15)9-3-4-9/h5-9,13-14,16H,2-4,15H2,1H3. The Hall–Kier alpha value is -1.35. The fraction of sp³-hybridized carbons (Fsp3) is 0.462. The molecule has 86 valence electrons. The van der Waals surface area contributed by atoms with E-state index in [0.29, 0.717) is 5.92 Å². The van der Waals surface area contributed by atoms with Crippen LogP contribution in [-0.2, 0) is 0 Å². The Morgan fingerprint density at radius 1 is 1.56 bits per heavy atom. The molecule has 0 spiro atoms. The summed E-state index contributed by atoms with van der Waals surface area (Å²) in [6, 6.07) is 6.29. The number of benzene rings is 1. The van der Waals surface area contributed by atoms with Gasteiger partial charge in [0, 0.05) is 30.1 Å². The molecule has 1 aromatic carbocycles. The van der Waals surface area contributed by atoms with Crippen molar-refractivity contribution in [3.05, 3.63) is 29.3 Å². The van der Waals surface area contributed by atoms with E-state index in [4.69, 9.17) is 11.1 Å². The largest absolute Gasteiger partial charge is 0.385 e. The zero-order chi connectivity index (χ0) is 11.5. The number of hydrogen-bond donors (Lipinski definition) is 3. The molecule has 0 aliphatic heterocycles. The Morgan fingerprint density at radius 3 is 2.88 bits per heavy atom. The summed E-state index contributed by atoms with van der Waals surface area (Å²) in [5.41, 5.74) is 9.25. The minimum Gasteiger partial charge on any atom is -0.385 e. The number of anilines is 1. The van der Waals surface area contributed by atoms with Crippen LogP contribution in [0.3, 0.4) is 0 Å². The van der Waals surface area contributed by atoms with Gasteiger partial charge in [0.1, 0.15) is 0 Å². The normalized spacial score (nSPS) is 16.9. The van der Waals surface area contributed by atoms with E-state index in [9.17, 15) is 0 Å². The minimum atomic E-state index is 0.148. The van der Waals surface area contributed by atoms with E-state index < -0.39 is 0 Å². The van der Waals surface area contributed by atoms with Gasteiger partial charge in [0.2, 0.25) is 0 Å². The Labute approximate surface area is 96.6 Å². The van der Waals surface area contributed by atoms with Gasteiger partial charge in [0.15, 0.2) is 0 Å². The van der Waals surface area contributed by atoms with Crippen molar-refractivity contribution < 1.29 is 0 Å². The number of nitrogens with two attached hydrogens (primary N) is 1. The van der Waals surface area contributed by atoms with Crippen LogP contribution >= 0.6 is 0 Å². The van der Waals surface area contributed by atoms with Crippen molar-refractivity contribution in [3.63, 3.8) is 0 Å². The van der Waals surface area contributed by atoms with Crippen molar-refractivity contribution >= 4 is 11.9 Å². The second kappa shape index (κ2) is 4.66. The molecule has 0 saturated heterocycles. The van der Waals surface area contributed by atoms with Crippen LogP contribution in [0.4, 0.5) is 5.69 Å². The molecule has 1 fully saturated rings. The lowest BCUT2D eigenvalue weighted by Crippen LogP contribution is -2.13. The number of rotatable bonds is 5. The van der Waals surface area contributed by atoms with Gasteiger partial charge in [-0.1, -0.05) is 6.07 Å². The molecule has 0 radical (unpaired) electrons. The highest BCUT2D eigenvalue weighted by Crippen LogP contribution is 2.39. The maximum absolute atomic E-state index is 7.42. The molecule has 1 aliphatic carbocycles. The van der Waals surface area contributed by atoms with E-state index in [-0.39, 0.29) is 6.04 Å². The first-order valence-corrected chi connectivity index (χ1v) is 5.90. The molecular formula is C13H19N3. The predicted octanol–water partition coefficient (Wildman–Crippen LogP) is 2.53. The predicted molar refractivity (Wildman–Crippen MR) is 68.1 cm³/mol. The van der Waals surface area contributed by atoms with Gasteiger partial charge in [-0.25, -0.2) is 0 Å². The molecule has 1 unspecified atom stereocenters. The summed E-state index contributed by atoms with van der Waals surface area (Å²) in [5.74, 6) is 0.656. The van der Waals surface area contributed by atoms with Crippen molar-refractivity contribution in [1.29, 1.82) is 5.41 Å². The molecule has 16 heavy (non-hydrogen) atoms. The Bertz CT molecular complexity index is 383. The van der Waals surface area contributed by atoms with E-state index in [1.807, 2.05) is 12.1 Å². The van der Waals surface area contributed by atoms with E-state index in [2.05, 4.69) is 18.3 Å². The molecule has 0 bridgehead atoms. The van der Waals surface area contributed by atoms with Crippen molar-refractivity contribution in [2.24, 2.45) is 11.7 Å². The average molecular weight is 217 g/mol. The summed E-state index contributed by atoms with van der Waals surface area (Å²) in [6.45, 7) is 2.92. The highest BCUT2D eigenvalue weighted by atomic mass is 14.9. The maximum Gasteiger partial charge on any atom is 0.0429 e. The monoisotopic (exact) mass is 217 g/mol. The van der Waals surface area contributed by atoms with Crippen LogP contribution in [0.15, 0.2) is 18.2 Å². The van der Waals surface area contributed by atoms with Gasteiger partial charge in [-0.05, 0) is 43.4 Å². The van der Waals surface area contributed by atoms with E-state index >= 15 is 0 Å². The van der Waals surface area contributed by atoms with Crippen LogP contribution in [0.1, 0.15) is 36.9 Å². The summed E-state index contributed by atoms with van der Waals surface area (Å²) in [7, 11) is 0. The molecule has 1 aromatic rings. The lowest BCUT2D eigenvalue weighted by atomic mass is 10.00. The van der Waals surface area contributed by atoms with Crippen molar-refractivity contribution in [2.75, 3.05) is 11.9 Å². The lowest BCUT2D eigenvalue weighted by molar-refractivity contribution is 0.633. The van der Waals surface area contributed by atoms with Crippen molar-refractivity contribution in [3.8, 4) is 0 Å². The highest BCUT2D eigenvalue weighted by Gasteiger charge is 2.29. The van der Waals surface area contributed by atoms with Crippen LogP contribution in [0, 0.1) is 11.3 Å². The fourth-order valence-electron chi connectivity index (χ4n) is 1.99. The molecule has 3 heteroatoms. The average Bonchev–Trinajstić information content (AvgIpc) is 3.13. The van der Waals surface area contributed by atoms with Crippen LogP contribution in [-0.4, -0.2) is 12.8 Å². The van der Waals surface area contributed by atoms with Crippen LogP contribution in [0.2, 0.25) is 0 Å². The van der Waals surface area contributed by atoms with Gasteiger partial charge < -0.3 is 16.5 Å². The van der Waals surface area contributed by atoms with Gasteiger partial charge in [-0.3, -0.25) is 0 Å². The maximum atomic E-state index is 7.42. The minimum absolute atomic E-state index is 0.148. The molecule has 0 aromatic heterocycles. The first kappa shape index (κ1) is 11.1. The smallest absolute Gasteiger partial charge is 0.0429 e. The quantitative estimate of drug-likeness (QED) is 0.664. The molecule has 0 heterocycles. The van der Waals surface area contributed by atoms with E-state index in [0.717, 1.165) is 23.4 Å². The van der Waals surface area contributed by atoms with Gasteiger partial charge in [-0.15, -0.1) is 0 Å². The van der Waals surface area contributed by atoms with Gasteiger partial charge >= 0.3 is 0 Å². The first-order valence-electron chi connectivity index (χ1n) is 5.90. The third-order valence-corrected chi connectivity index (χ3v) is 3.11. The molecule has 0 amide bonds. The molecule has 4 N–H and O–H groups in total. The van der Waals surface area contributed by atoms with Gasteiger partial charge in [-0.2, -0.15) is 0 Å². The molecule has 1 atom stereocenters. The van der Waals surface area contributed by atoms with E-state index in [1.165, 1.54) is 19.1 Å². The lowest BCUT2D eigenvalue weighted by Gasteiger charge is -2.14. The molecule has 1 saturated carbocycles. The Kier molecular flexibility index (Phi) is 3.25. The molecule has 2 rings (SSSR count). The third-order valence-electron chi connectivity index (χ3n) is 3.11. The number of nitrogens with one attached hydrogen (secondary N) is 2. The van der Waals surface area contributed by atoms with Crippen molar-refractivity contribution in [2.45, 2.75) is 25.8 Å². The molecule has 1 aliphatic rings. The topological polar surface area (TPSA) is 61.9 Å². The van der Waals surface area contributed by atoms with Gasteiger partial charge in [0.25, 0.3) is 0 Å². The highest BCUT2D eigenvalue weighted by molar-refractivity contribution is 5.86. The number of hydrogen-bond acceptors (Lipinski definition) is 3. The second-order valence-electron chi connectivity index (χ2n) is 4.38. The Balaban J connectivity index is 2.24.